The highest BCUT2D eigenvalue weighted by atomic mass is 79.9. The summed E-state index contributed by atoms with van der Waals surface area (Å²) in [6.07, 6.45) is 0. The fraction of sp³-hybridized carbons (Fsp3) is 0.300. The summed E-state index contributed by atoms with van der Waals surface area (Å²) in [6, 6.07) is 3.91. The van der Waals surface area contributed by atoms with Crippen LogP contribution in [0.15, 0.2) is 23.1 Å². The first-order chi connectivity index (χ1) is 7.70. The van der Waals surface area contributed by atoms with Gasteiger partial charge in [0.2, 0.25) is 0 Å². The van der Waals surface area contributed by atoms with E-state index in [1.165, 1.54) is 25.1 Å². The van der Waals surface area contributed by atoms with Crippen molar-refractivity contribution in [1.29, 1.82) is 0 Å². The van der Waals surface area contributed by atoms with Crippen molar-refractivity contribution in [3.05, 3.63) is 23.8 Å². The molecule has 1 rings (SSSR count). The second-order valence-electron chi connectivity index (χ2n) is 3.31. The molecular weight excluding hydrogens is 319 g/mol. The first-order valence-electron chi connectivity index (χ1n) is 4.50. The Morgan fingerprint density at radius 3 is 2.53 bits per heavy atom. The number of Topliss-reactive ketones (excluding diaryl/α,β-unsaturated/α-hetero) is 1. The van der Waals surface area contributed by atoms with Crippen LogP contribution in [0.4, 0.5) is 18.9 Å². The van der Waals surface area contributed by atoms with Crippen molar-refractivity contribution in [3.8, 4) is 0 Å². The van der Waals surface area contributed by atoms with Crippen LogP contribution >= 0.6 is 27.7 Å². The van der Waals surface area contributed by atoms with Gasteiger partial charge in [-0.25, -0.2) is 0 Å². The lowest BCUT2D eigenvalue weighted by atomic mass is 10.1. The average molecular weight is 328 g/mol. The van der Waals surface area contributed by atoms with Gasteiger partial charge in [0, 0.05) is 10.6 Å². The second kappa shape index (κ2) is 5.30. The van der Waals surface area contributed by atoms with Crippen LogP contribution in [-0.2, 0) is 4.79 Å². The van der Waals surface area contributed by atoms with Gasteiger partial charge in [-0.15, -0.1) is 0 Å². The summed E-state index contributed by atoms with van der Waals surface area (Å²) in [6.45, 7) is 1.34. The number of carbonyl (C=O) groups excluding carboxylic acids is 1. The Morgan fingerprint density at radius 2 is 2.06 bits per heavy atom. The zero-order valence-corrected chi connectivity index (χ0v) is 11.1. The molecule has 1 aromatic rings. The molecule has 1 aromatic carbocycles. The molecule has 94 valence electrons. The Morgan fingerprint density at radius 1 is 1.47 bits per heavy atom. The molecule has 0 aromatic heterocycles. The van der Waals surface area contributed by atoms with Gasteiger partial charge in [0.25, 0.3) is 0 Å². The van der Waals surface area contributed by atoms with Crippen LogP contribution in [0.1, 0.15) is 17.3 Å². The molecule has 0 saturated heterocycles. The number of anilines is 1. The van der Waals surface area contributed by atoms with Crippen LogP contribution in [0.2, 0.25) is 0 Å². The van der Waals surface area contributed by atoms with Crippen molar-refractivity contribution < 1.29 is 18.0 Å². The number of alkyl halides is 4. The highest BCUT2D eigenvalue weighted by molar-refractivity contribution is 9.09. The number of halogens is 4. The normalized spacial score (nSPS) is 13.5. The predicted octanol–water partition coefficient (Wildman–Crippen LogP) is 3.91. The monoisotopic (exact) mass is 327 g/mol. The number of nitrogens with two attached hydrogens (primary N) is 1. The van der Waals surface area contributed by atoms with Gasteiger partial charge in [-0.1, -0.05) is 15.9 Å². The lowest BCUT2D eigenvalue weighted by molar-refractivity contribution is -0.116. The largest absolute Gasteiger partial charge is 0.446 e. The Labute approximate surface area is 109 Å². The number of hydrogen-bond acceptors (Lipinski definition) is 3. The highest BCUT2D eigenvalue weighted by Crippen LogP contribution is 2.39. The Bertz CT molecular complexity index is 436. The smallest absolute Gasteiger partial charge is 0.398 e. The molecule has 0 aliphatic heterocycles. The third-order valence-electron chi connectivity index (χ3n) is 1.92. The molecule has 0 saturated carbocycles. The Balaban J connectivity index is 3.06. The van der Waals surface area contributed by atoms with E-state index in [1.807, 2.05) is 0 Å². The summed E-state index contributed by atoms with van der Waals surface area (Å²) in [5.41, 5.74) is 1.90. The van der Waals surface area contributed by atoms with Crippen molar-refractivity contribution in [2.75, 3.05) is 5.73 Å². The van der Waals surface area contributed by atoms with Crippen LogP contribution in [-0.4, -0.2) is 11.3 Å². The molecule has 0 aliphatic rings. The van der Waals surface area contributed by atoms with E-state index in [4.69, 9.17) is 5.73 Å². The van der Waals surface area contributed by atoms with Crippen molar-refractivity contribution in [1.82, 2.24) is 0 Å². The van der Waals surface area contributed by atoms with Crippen LogP contribution in [0.3, 0.4) is 0 Å². The van der Waals surface area contributed by atoms with Gasteiger partial charge >= 0.3 is 5.51 Å². The van der Waals surface area contributed by atoms with Gasteiger partial charge in [0.15, 0.2) is 0 Å². The molecule has 0 spiro atoms. The second-order valence-corrected chi connectivity index (χ2v) is 5.37. The maximum absolute atomic E-state index is 12.2. The minimum Gasteiger partial charge on any atom is -0.398 e. The fourth-order valence-electron chi connectivity index (χ4n) is 1.19. The van der Waals surface area contributed by atoms with Crippen LogP contribution in [0.25, 0.3) is 0 Å². The van der Waals surface area contributed by atoms with E-state index in [0.29, 0.717) is 5.56 Å². The lowest BCUT2D eigenvalue weighted by Gasteiger charge is -2.12. The minimum absolute atomic E-state index is 0.00685. The number of benzene rings is 1. The summed E-state index contributed by atoms with van der Waals surface area (Å²) >= 11 is 2.86. The number of rotatable bonds is 3. The molecule has 0 radical (unpaired) electrons. The van der Waals surface area contributed by atoms with Gasteiger partial charge in [0.1, 0.15) is 5.78 Å². The Hall–Kier alpha value is -0.690. The molecule has 0 bridgehead atoms. The summed E-state index contributed by atoms with van der Waals surface area (Å²) in [5.74, 6) is -0.217. The van der Waals surface area contributed by atoms with E-state index in [1.54, 1.807) is 0 Å². The van der Waals surface area contributed by atoms with Crippen LogP contribution in [0, 0.1) is 0 Å². The zero-order chi connectivity index (χ0) is 13.2. The third-order valence-corrected chi connectivity index (χ3v) is 3.78. The molecular formula is C10H9BrF3NOS. The zero-order valence-electron chi connectivity index (χ0n) is 8.72. The molecule has 0 amide bonds. The quantitative estimate of drug-likeness (QED) is 0.520. The number of carbonyl (C=O) groups is 1. The molecule has 1 unspecified atom stereocenters. The fourth-order valence-corrected chi connectivity index (χ4v) is 2.17. The Kier molecular flexibility index (Phi) is 4.48. The predicted molar refractivity (Wildman–Crippen MR) is 65.1 cm³/mol. The number of thioether (sulfide) groups is 1. The van der Waals surface area contributed by atoms with Crippen molar-refractivity contribution >= 4 is 39.2 Å². The van der Waals surface area contributed by atoms with E-state index in [-0.39, 0.29) is 28.1 Å². The molecule has 17 heavy (non-hydrogen) atoms. The van der Waals surface area contributed by atoms with Crippen molar-refractivity contribution in [2.45, 2.75) is 22.2 Å². The standard InChI is InChI=1S/C10H9BrF3NOS/c1-5(16)9(11)7-4-6(2-3-8(7)15)17-10(12,13)14/h2-4,9H,15H2,1H3. The summed E-state index contributed by atoms with van der Waals surface area (Å²) < 4.78 is 36.6. The van der Waals surface area contributed by atoms with Crippen LogP contribution < -0.4 is 5.73 Å². The van der Waals surface area contributed by atoms with Gasteiger partial charge in [-0.3, -0.25) is 4.79 Å². The van der Waals surface area contributed by atoms with Crippen molar-refractivity contribution in [3.63, 3.8) is 0 Å². The SMILES string of the molecule is CC(=O)C(Br)c1cc(SC(F)(F)F)ccc1N. The van der Waals surface area contributed by atoms with Gasteiger partial charge in [-0.2, -0.15) is 13.2 Å². The van der Waals surface area contributed by atoms with Crippen LogP contribution in [0.5, 0.6) is 0 Å². The van der Waals surface area contributed by atoms with Gasteiger partial charge in [-0.05, 0) is 42.4 Å². The van der Waals surface area contributed by atoms with Gasteiger partial charge in [0.05, 0.1) is 4.83 Å². The maximum atomic E-state index is 12.2. The van der Waals surface area contributed by atoms with Gasteiger partial charge < -0.3 is 5.73 Å². The van der Waals surface area contributed by atoms with E-state index in [9.17, 15) is 18.0 Å². The molecule has 2 N–H and O–H groups in total. The molecule has 0 fully saturated rings. The summed E-state index contributed by atoms with van der Waals surface area (Å²) in [4.78, 5) is 10.5. The average Bonchev–Trinajstić information content (AvgIpc) is 2.17. The first kappa shape index (κ1) is 14.4. The number of ketones is 1. The van der Waals surface area contributed by atoms with Crippen molar-refractivity contribution in [2.24, 2.45) is 0 Å². The minimum atomic E-state index is -4.36. The molecule has 7 heteroatoms. The number of nitrogen functional groups attached to an aromatic ring is 1. The lowest BCUT2D eigenvalue weighted by Crippen LogP contribution is -2.06. The van der Waals surface area contributed by atoms with E-state index >= 15 is 0 Å². The summed E-state index contributed by atoms with van der Waals surface area (Å²) in [7, 11) is 0. The third kappa shape index (κ3) is 4.23. The van der Waals surface area contributed by atoms with E-state index < -0.39 is 10.3 Å². The highest BCUT2D eigenvalue weighted by Gasteiger charge is 2.29. The molecule has 0 aliphatic carbocycles. The topological polar surface area (TPSA) is 43.1 Å². The number of hydrogen-bond donors (Lipinski definition) is 1. The molecule has 2 nitrogen and oxygen atoms in total. The first-order valence-corrected chi connectivity index (χ1v) is 6.23. The maximum Gasteiger partial charge on any atom is 0.446 e. The van der Waals surface area contributed by atoms with E-state index in [2.05, 4.69) is 15.9 Å². The molecule has 1 atom stereocenters. The molecule has 0 heterocycles. The summed E-state index contributed by atoms with van der Waals surface area (Å²) in [5, 5.41) is 0. The van der Waals surface area contributed by atoms with E-state index in [0.717, 1.165) is 0 Å².